The maximum absolute atomic E-state index is 13.5. The number of nitrogens with zero attached hydrogens (tertiary/aromatic N) is 5. The van der Waals surface area contributed by atoms with Gasteiger partial charge < -0.3 is 5.32 Å². The van der Waals surface area contributed by atoms with Crippen molar-refractivity contribution in [1.29, 1.82) is 0 Å². The van der Waals surface area contributed by atoms with Gasteiger partial charge in [0.05, 0.1) is 11.7 Å². The Labute approximate surface area is 178 Å². The maximum atomic E-state index is 13.5. The number of carbonyl (C=O) groups is 2. The molecule has 1 aliphatic rings. The molecule has 8 heteroatoms. The molecule has 0 amide bonds. The summed E-state index contributed by atoms with van der Waals surface area (Å²) in [6.45, 7) is 5.12. The summed E-state index contributed by atoms with van der Waals surface area (Å²) in [5, 5.41) is 15.9. The molecule has 0 aliphatic heterocycles. The van der Waals surface area contributed by atoms with E-state index < -0.39 is 0 Å². The summed E-state index contributed by atoms with van der Waals surface area (Å²) < 4.78 is 3.34. The van der Waals surface area contributed by atoms with Crippen LogP contribution in [0.3, 0.4) is 0 Å². The fraction of sp³-hybridized carbons (Fsp3) is 0.174. The summed E-state index contributed by atoms with van der Waals surface area (Å²) in [4.78, 5) is 26.9. The Morgan fingerprint density at radius 3 is 2.42 bits per heavy atom. The lowest BCUT2D eigenvalue weighted by atomic mass is 9.90. The van der Waals surface area contributed by atoms with Gasteiger partial charge in [0.2, 0.25) is 11.6 Å². The van der Waals surface area contributed by atoms with E-state index in [0.717, 1.165) is 17.8 Å². The molecule has 5 rings (SSSR count). The minimum Gasteiger partial charge on any atom is -0.376 e. The van der Waals surface area contributed by atoms with Crippen molar-refractivity contribution in [2.75, 3.05) is 0 Å². The van der Waals surface area contributed by atoms with Crippen molar-refractivity contribution in [3.8, 4) is 0 Å². The number of para-hydroxylation sites is 1. The molecule has 2 aromatic heterocycles. The smallest absolute Gasteiger partial charge is 0.214 e. The Morgan fingerprint density at radius 1 is 0.968 bits per heavy atom. The normalized spacial score (nSPS) is 13.7. The second kappa shape index (κ2) is 7.32. The fourth-order valence-electron chi connectivity index (χ4n) is 3.92. The first-order valence-electron chi connectivity index (χ1n) is 10.1. The van der Waals surface area contributed by atoms with Crippen molar-refractivity contribution in [3.63, 3.8) is 0 Å². The molecule has 0 unspecified atom stereocenters. The van der Waals surface area contributed by atoms with Gasteiger partial charge in [-0.25, -0.2) is 4.68 Å². The molecule has 2 heterocycles. The van der Waals surface area contributed by atoms with Gasteiger partial charge in [-0.15, -0.1) is 5.10 Å². The van der Waals surface area contributed by atoms with Gasteiger partial charge in [0, 0.05) is 35.5 Å². The number of benzene rings is 2. The van der Waals surface area contributed by atoms with E-state index in [4.69, 9.17) is 0 Å². The predicted molar refractivity (Wildman–Crippen MR) is 115 cm³/mol. The third-order valence-corrected chi connectivity index (χ3v) is 5.62. The summed E-state index contributed by atoms with van der Waals surface area (Å²) in [6, 6.07) is 14.2. The second-order valence-electron chi connectivity index (χ2n) is 7.34. The average molecular weight is 412 g/mol. The van der Waals surface area contributed by atoms with Crippen LogP contribution < -0.4 is 5.32 Å². The van der Waals surface area contributed by atoms with Crippen LogP contribution in [0.15, 0.2) is 60.4 Å². The molecular formula is C23H20N6O2. The number of ketones is 2. The van der Waals surface area contributed by atoms with Crippen molar-refractivity contribution >= 4 is 28.3 Å². The number of Topliss-reactive ketones (excluding diaryl/α,β-unsaturated/α-hetero) is 2. The summed E-state index contributed by atoms with van der Waals surface area (Å²) in [7, 11) is 0. The summed E-state index contributed by atoms with van der Waals surface area (Å²) >= 11 is 0. The van der Waals surface area contributed by atoms with Crippen LogP contribution in [0.4, 0.5) is 0 Å². The van der Waals surface area contributed by atoms with Crippen LogP contribution in [-0.2, 0) is 13.1 Å². The lowest BCUT2D eigenvalue weighted by Crippen LogP contribution is -2.32. The van der Waals surface area contributed by atoms with E-state index in [1.54, 1.807) is 30.5 Å². The van der Waals surface area contributed by atoms with E-state index in [9.17, 15) is 9.59 Å². The third-order valence-electron chi connectivity index (χ3n) is 5.62. The number of nitrogens with one attached hydrogen (secondary N) is 1. The zero-order valence-electron chi connectivity index (χ0n) is 17.2. The first kappa shape index (κ1) is 18.9. The monoisotopic (exact) mass is 412 g/mol. The fourth-order valence-corrected chi connectivity index (χ4v) is 3.92. The average Bonchev–Trinajstić information content (AvgIpc) is 3.38. The number of hydrogen-bond donors (Lipinski definition) is 1. The molecule has 0 saturated carbocycles. The topological polar surface area (TPSA) is 94.7 Å². The third kappa shape index (κ3) is 2.95. The van der Waals surface area contributed by atoms with Gasteiger partial charge in [0.25, 0.3) is 0 Å². The Morgan fingerprint density at radius 2 is 1.68 bits per heavy atom. The molecular weight excluding hydrogens is 392 g/mol. The van der Waals surface area contributed by atoms with Crippen molar-refractivity contribution in [2.45, 2.75) is 26.9 Å². The molecule has 0 radical (unpaired) electrons. The zero-order chi connectivity index (χ0) is 21.5. The van der Waals surface area contributed by atoms with Crippen LogP contribution in [0.2, 0.25) is 0 Å². The van der Waals surface area contributed by atoms with Crippen molar-refractivity contribution in [1.82, 2.24) is 30.1 Å². The Balaban J connectivity index is 1.65. The highest BCUT2D eigenvalue weighted by molar-refractivity contribution is 6.37. The number of carbonyl (C=O) groups excluding carboxylic acids is 2. The molecule has 2 aromatic carbocycles. The first-order valence-corrected chi connectivity index (χ1v) is 10.1. The van der Waals surface area contributed by atoms with Gasteiger partial charge in [-0.05, 0) is 26.0 Å². The van der Waals surface area contributed by atoms with E-state index in [1.807, 2.05) is 42.8 Å². The molecule has 1 aliphatic carbocycles. The van der Waals surface area contributed by atoms with Crippen LogP contribution in [-0.4, -0.2) is 36.3 Å². The molecule has 0 bridgehead atoms. The molecule has 0 saturated heterocycles. The van der Waals surface area contributed by atoms with Gasteiger partial charge in [-0.3, -0.25) is 14.3 Å². The van der Waals surface area contributed by atoms with Crippen molar-refractivity contribution in [3.05, 3.63) is 82.8 Å². The first-order chi connectivity index (χ1) is 15.1. The summed E-state index contributed by atoms with van der Waals surface area (Å²) in [5.41, 5.74) is 4.41. The van der Waals surface area contributed by atoms with Gasteiger partial charge in [-0.1, -0.05) is 41.6 Å². The van der Waals surface area contributed by atoms with Gasteiger partial charge in [0.15, 0.2) is 0 Å². The molecule has 0 atom stereocenters. The second-order valence-corrected chi connectivity index (χ2v) is 7.34. The highest BCUT2D eigenvalue weighted by Gasteiger charge is 2.34. The highest BCUT2D eigenvalue weighted by Crippen LogP contribution is 2.29. The predicted octanol–water partition coefficient (Wildman–Crippen LogP) is 2.99. The van der Waals surface area contributed by atoms with E-state index in [0.29, 0.717) is 28.7 Å². The van der Waals surface area contributed by atoms with E-state index in [2.05, 4.69) is 20.7 Å². The minimum absolute atomic E-state index is 0.179. The van der Waals surface area contributed by atoms with Gasteiger partial charge >= 0.3 is 0 Å². The van der Waals surface area contributed by atoms with E-state index in [-0.39, 0.29) is 23.0 Å². The van der Waals surface area contributed by atoms with Crippen LogP contribution in [0, 0.1) is 6.92 Å². The molecule has 31 heavy (non-hydrogen) atoms. The van der Waals surface area contributed by atoms with Gasteiger partial charge in [-0.2, -0.15) is 5.10 Å². The minimum atomic E-state index is -0.269. The zero-order valence-corrected chi connectivity index (χ0v) is 17.2. The standard InChI is InChI=1S/C23H20N6O2/c1-3-28-14(2)15(13-25-28)12-24-20-21(29-19-11-7-6-10-18(19)26-27-29)23(31)17-9-5-4-8-16(17)22(20)30/h4-11,13,24H,3,12H2,1-2H3. The van der Waals surface area contributed by atoms with Gasteiger partial charge in [0.1, 0.15) is 16.9 Å². The number of fused-ring (bicyclic) bond motifs is 2. The van der Waals surface area contributed by atoms with Crippen LogP contribution in [0.25, 0.3) is 16.7 Å². The Hall–Kier alpha value is -4.07. The Kier molecular flexibility index (Phi) is 4.47. The van der Waals surface area contributed by atoms with Crippen LogP contribution in [0.5, 0.6) is 0 Å². The lowest BCUT2D eigenvalue weighted by Gasteiger charge is -2.22. The number of allylic oxidation sites excluding steroid dienone is 2. The quantitative estimate of drug-likeness (QED) is 0.542. The Bertz CT molecular complexity index is 1380. The maximum Gasteiger partial charge on any atom is 0.214 e. The number of aryl methyl sites for hydroxylation is 1. The molecule has 0 fully saturated rings. The van der Waals surface area contributed by atoms with Crippen molar-refractivity contribution in [2.24, 2.45) is 0 Å². The SMILES string of the molecule is CCn1ncc(CNC2=C(n3nnc4ccccc43)C(=O)c3ccccc3C2=O)c1C. The number of aromatic nitrogens is 5. The molecule has 1 N–H and O–H groups in total. The number of rotatable bonds is 5. The molecule has 4 aromatic rings. The largest absolute Gasteiger partial charge is 0.376 e. The highest BCUT2D eigenvalue weighted by atomic mass is 16.1. The lowest BCUT2D eigenvalue weighted by molar-refractivity contribution is 0.0981. The van der Waals surface area contributed by atoms with E-state index in [1.165, 1.54) is 4.68 Å². The van der Waals surface area contributed by atoms with Crippen molar-refractivity contribution < 1.29 is 9.59 Å². The van der Waals surface area contributed by atoms with Crippen LogP contribution >= 0.6 is 0 Å². The van der Waals surface area contributed by atoms with E-state index >= 15 is 0 Å². The van der Waals surface area contributed by atoms with Crippen LogP contribution in [0.1, 0.15) is 38.9 Å². The summed E-state index contributed by atoms with van der Waals surface area (Å²) in [5.74, 6) is -0.514. The molecule has 8 nitrogen and oxygen atoms in total. The molecule has 154 valence electrons. The number of hydrogen-bond acceptors (Lipinski definition) is 6. The summed E-state index contributed by atoms with van der Waals surface area (Å²) in [6.07, 6.45) is 1.78. The molecule has 0 spiro atoms.